The first kappa shape index (κ1) is 12.0. The SMILES string of the molecule is CN1CCC(Nc2nccn2C2CCCC2)CC1. The van der Waals surface area contributed by atoms with E-state index in [-0.39, 0.29) is 0 Å². The summed E-state index contributed by atoms with van der Waals surface area (Å²) in [6.45, 7) is 2.39. The summed E-state index contributed by atoms with van der Waals surface area (Å²) < 4.78 is 2.37. The second-order valence-electron chi connectivity index (χ2n) is 5.82. The molecule has 1 saturated carbocycles. The molecule has 0 aromatic carbocycles. The van der Waals surface area contributed by atoms with Crippen molar-refractivity contribution < 1.29 is 0 Å². The number of nitrogens with zero attached hydrogens (tertiary/aromatic N) is 3. The van der Waals surface area contributed by atoms with Gasteiger partial charge in [0.25, 0.3) is 0 Å². The van der Waals surface area contributed by atoms with Crippen molar-refractivity contribution in [3.05, 3.63) is 12.4 Å². The summed E-state index contributed by atoms with van der Waals surface area (Å²) >= 11 is 0. The standard InChI is InChI=1S/C14H24N4/c1-17-9-6-12(7-10-17)16-14-15-8-11-18(14)13-4-2-3-5-13/h8,11-13H,2-7,9-10H2,1H3,(H,15,16). The molecule has 2 aliphatic rings. The zero-order valence-corrected chi connectivity index (χ0v) is 11.3. The van der Waals surface area contributed by atoms with Crippen LogP contribution in [-0.4, -0.2) is 40.6 Å². The van der Waals surface area contributed by atoms with Crippen LogP contribution in [0.2, 0.25) is 0 Å². The molecule has 0 radical (unpaired) electrons. The molecular weight excluding hydrogens is 224 g/mol. The van der Waals surface area contributed by atoms with Gasteiger partial charge >= 0.3 is 0 Å². The highest BCUT2D eigenvalue weighted by atomic mass is 15.2. The van der Waals surface area contributed by atoms with Crippen LogP contribution in [0.3, 0.4) is 0 Å². The van der Waals surface area contributed by atoms with Crippen molar-refractivity contribution in [3.63, 3.8) is 0 Å². The minimum atomic E-state index is 0.601. The normalized spacial score (nSPS) is 23.6. The molecule has 0 unspecified atom stereocenters. The van der Waals surface area contributed by atoms with Crippen LogP contribution < -0.4 is 5.32 Å². The van der Waals surface area contributed by atoms with Crippen molar-refractivity contribution in [1.82, 2.24) is 14.5 Å². The molecule has 1 aliphatic carbocycles. The molecule has 4 nitrogen and oxygen atoms in total. The minimum absolute atomic E-state index is 0.601. The van der Waals surface area contributed by atoms with Crippen LogP contribution in [-0.2, 0) is 0 Å². The van der Waals surface area contributed by atoms with Crippen molar-refractivity contribution in [2.45, 2.75) is 50.6 Å². The van der Waals surface area contributed by atoms with Gasteiger partial charge in [-0.05, 0) is 45.8 Å². The molecule has 2 fully saturated rings. The zero-order chi connectivity index (χ0) is 12.4. The first-order chi connectivity index (χ1) is 8.83. The summed E-state index contributed by atoms with van der Waals surface area (Å²) in [6.07, 6.45) is 11.9. The monoisotopic (exact) mass is 248 g/mol. The molecule has 1 aromatic rings. The minimum Gasteiger partial charge on any atom is -0.353 e. The van der Waals surface area contributed by atoms with Crippen molar-refractivity contribution in [2.75, 3.05) is 25.5 Å². The van der Waals surface area contributed by atoms with E-state index in [2.05, 4.69) is 33.0 Å². The third-order valence-corrected chi connectivity index (χ3v) is 4.44. The Balaban J connectivity index is 1.64. The topological polar surface area (TPSA) is 33.1 Å². The summed E-state index contributed by atoms with van der Waals surface area (Å²) in [4.78, 5) is 6.92. The summed E-state index contributed by atoms with van der Waals surface area (Å²) in [5.74, 6) is 1.09. The molecule has 18 heavy (non-hydrogen) atoms. The van der Waals surface area contributed by atoms with E-state index in [1.807, 2.05) is 6.20 Å². The van der Waals surface area contributed by atoms with Crippen molar-refractivity contribution in [3.8, 4) is 0 Å². The average molecular weight is 248 g/mol. The third-order valence-electron chi connectivity index (χ3n) is 4.44. The van der Waals surface area contributed by atoms with Crippen LogP contribution >= 0.6 is 0 Å². The van der Waals surface area contributed by atoms with Gasteiger partial charge < -0.3 is 14.8 Å². The Morgan fingerprint density at radius 2 is 1.89 bits per heavy atom. The Morgan fingerprint density at radius 1 is 1.17 bits per heavy atom. The second kappa shape index (κ2) is 5.31. The van der Waals surface area contributed by atoms with Gasteiger partial charge in [0, 0.05) is 24.5 Å². The number of imidazole rings is 1. The van der Waals surface area contributed by atoms with Crippen LogP contribution in [0.1, 0.15) is 44.6 Å². The smallest absolute Gasteiger partial charge is 0.203 e. The number of rotatable bonds is 3. The van der Waals surface area contributed by atoms with Crippen LogP contribution in [0, 0.1) is 0 Å². The van der Waals surface area contributed by atoms with Gasteiger partial charge in [0.2, 0.25) is 5.95 Å². The van der Waals surface area contributed by atoms with E-state index in [9.17, 15) is 0 Å². The van der Waals surface area contributed by atoms with E-state index in [4.69, 9.17) is 0 Å². The highest BCUT2D eigenvalue weighted by molar-refractivity contribution is 5.29. The number of piperidine rings is 1. The molecule has 100 valence electrons. The third kappa shape index (κ3) is 2.53. The zero-order valence-electron chi connectivity index (χ0n) is 11.3. The van der Waals surface area contributed by atoms with Crippen LogP contribution in [0.25, 0.3) is 0 Å². The highest BCUT2D eigenvalue weighted by Gasteiger charge is 2.22. The quantitative estimate of drug-likeness (QED) is 0.892. The number of hydrogen-bond acceptors (Lipinski definition) is 3. The molecule has 1 N–H and O–H groups in total. The molecule has 1 saturated heterocycles. The van der Waals surface area contributed by atoms with Gasteiger partial charge in [-0.3, -0.25) is 0 Å². The Kier molecular flexibility index (Phi) is 3.55. The maximum absolute atomic E-state index is 4.51. The largest absolute Gasteiger partial charge is 0.353 e. The first-order valence-electron chi connectivity index (χ1n) is 7.31. The van der Waals surface area contributed by atoms with Crippen molar-refractivity contribution >= 4 is 5.95 Å². The lowest BCUT2D eigenvalue weighted by atomic mass is 10.1. The van der Waals surface area contributed by atoms with Gasteiger partial charge in [0.05, 0.1) is 0 Å². The molecule has 2 heterocycles. The Morgan fingerprint density at radius 3 is 2.61 bits per heavy atom. The fourth-order valence-electron chi connectivity index (χ4n) is 3.24. The Hall–Kier alpha value is -1.03. The number of likely N-dealkylation sites (tertiary alicyclic amines) is 1. The van der Waals surface area contributed by atoms with Crippen LogP contribution in [0.5, 0.6) is 0 Å². The molecule has 0 amide bonds. The van der Waals surface area contributed by atoms with Gasteiger partial charge in [-0.25, -0.2) is 4.98 Å². The fraction of sp³-hybridized carbons (Fsp3) is 0.786. The van der Waals surface area contributed by atoms with Gasteiger partial charge in [-0.2, -0.15) is 0 Å². The molecule has 0 bridgehead atoms. The molecule has 4 heteroatoms. The molecule has 0 atom stereocenters. The van der Waals surface area contributed by atoms with Gasteiger partial charge in [0.15, 0.2) is 0 Å². The van der Waals surface area contributed by atoms with Crippen LogP contribution in [0.4, 0.5) is 5.95 Å². The predicted octanol–water partition coefficient (Wildman–Crippen LogP) is 2.50. The molecular formula is C14H24N4. The maximum Gasteiger partial charge on any atom is 0.203 e. The first-order valence-corrected chi connectivity index (χ1v) is 7.31. The summed E-state index contributed by atoms with van der Waals surface area (Å²) in [5, 5.41) is 3.65. The van der Waals surface area contributed by atoms with E-state index < -0.39 is 0 Å². The number of anilines is 1. The predicted molar refractivity (Wildman–Crippen MR) is 73.9 cm³/mol. The van der Waals surface area contributed by atoms with E-state index in [0.29, 0.717) is 12.1 Å². The van der Waals surface area contributed by atoms with Crippen molar-refractivity contribution in [2.24, 2.45) is 0 Å². The Labute approximate surface area is 109 Å². The van der Waals surface area contributed by atoms with Gasteiger partial charge in [0.1, 0.15) is 0 Å². The lowest BCUT2D eigenvalue weighted by Gasteiger charge is -2.30. The number of hydrogen-bond donors (Lipinski definition) is 1. The number of aromatic nitrogens is 2. The van der Waals surface area contributed by atoms with E-state index in [1.165, 1.54) is 51.6 Å². The van der Waals surface area contributed by atoms with Crippen LogP contribution in [0.15, 0.2) is 12.4 Å². The summed E-state index contributed by atoms with van der Waals surface area (Å²) in [5.41, 5.74) is 0. The molecule has 1 aliphatic heterocycles. The van der Waals surface area contributed by atoms with E-state index in [0.717, 1.165) is 5.95 Å². The Bertz CT molecular complexity index is 373. The highest BCUT2D eigenvalue weighted by Crippen LogP contribution is 2.31. The maximum atomic E-state index is 4.51. The van der Waals surface area contributed by atoms with E-state index in [1.54, 1.807) is 0 Å². The lowest BCUT2D eigenvalue weighted by Crippen LogP contribution is -2.37. The molecule has 3 rings (SSSR count). The fourth-order valence-corrected chi connectivity index (χ4v) is 3.24. The van der Waals surface area contributed by atoms with E-state index >= 15 is 0 Å². The van der Waals surface area contributed by atoms with Gasteiger partial charge in [-0.15, -0.1) is 0 Å². The molecule has 0 spiro atoms. The molecule has 1 aromatic heterocycles. The van der Waals surface area contributed by atoms with Crippen molar-refractivity contribution in [1.29, 1.82) is 0 Å². The summed E-state index contributed by atoms with van der Waals surface area (Å²) in [6, 6.07) is 1.28. The average Bonchev–Trinajstić information content (AvgIpc) is 3.02. The van der Waals surface area contributed by atoms with Gasteiger partial charge in [-0.1, -0.05) is 12.8 Å². The lowest BCUT2D eigenvalue weighted by molar-refractivity contribution is 0.263. The summed E-state index contributed by atoms with van der Waals surface area (Å²) in [7, 11) is 2.20. The number of nitrogens with one attached hydrogen (secondary N) is 1. The second-order valence-corrected chi connectivity index (χ2v) is 5.82.